The number of benzene rings is 1. The summed E-state index contributed by atoms with van der Waals surface area (Å²) >= 11 is 0. The van der Waals surface area contributed by atoms with Crippen molar-refractivity contribution >= 4 is 11.9 Å². The van der Waals surface area contributed by atoms with Gasteiger partial charge < -0.3 is 10.0 Å². The first-order valence-corrected chi connectivity index (χ1v) is 6.88. The molecule has 1 N–H and O–H groups in total. The molecule has 1 aliphatic rings. The Balaban J connectivity index is 2.28. The van der Waals surface area contributed by atoms with Gasteiger partial charge in [0.25, 0.3) is 5.91 Å². The molecule has 1 aromatic carbocycles. The van der Waals surface area contributed by atoms with Crippen molar-refractivity contribution in [2.75, 3.05) is 6.54 Å². The Bertz CT molecular complexity index is 574. The summed E-state index contributed by atoms with van der Waals surface area (Å²) in [5.74, 6) is -3.18. The van der Waals surface area contributed by atoms with Crippen LogP contribution in [0.5, 0.6) is 0 Å². The molecule has 1 atom stereocenters. The Kier molecular flexibility index (Phi) is 4.55. The number of hydrogen-bond donors (Lipinski definition) is 1. The monoisotopic (exact) mass is 297 g/mol. The summed E-state index contributed by atoms with van der Waals surface area (Å²) in [6.45, 7) is 1.85. The number of piperidine rings is 1. The number of rotatable bonds is 3. The largest absolute Gasteiger partial charge is 0.481 e. The van der Waals surface area contributed by atoms with Crippen LogP contribution >= 0.6 is 0 Å². The molecule has 0 bridgehead atoms. The summed E-state index contributed by atoms with van der Waals surface area (Å²) in [5, 5.41) is 8.91. The molecule has 0 spiro atoms. The van der Waals surface area contributed by atoms with Crippen LogP contribution in [-0.2, 0) is 4.79 Å². The van der Waals surface area contributed by atoms with Crippen molar-refractivity contribution in [1.29, 1.82) is 0 Å². The number of likely N-dealkylation sites (tertiary alicyclic amines) is 1. The van der Waals surface area contributed by atoms with Crippen molar-refractivity contribution in [2.45, 2.75) is 38.6 Å². The summed E-state index contributed by atoms with van der Waals surface area (Å²) in [6.07, 6.45) is 2.02. The highest BCUT2D eigenvalue weighted by molar-refractivity contribution is 5.95. The lowest BCUT2D eigenvalue weighted by atomic mass is 9.97. The molecular formula is C15H17F2NO3. The Labute approximate surface area is 121 Å². The van der Waals surface area contributed by atoms with Gasteiger partial charge in [0.15, 0.2) is 0 Å². The van der Waals surface area contributed by atoms with Gasteiger partial charge in [0.1, 0.15) is 11.6 Å². The minimum absolute atomic E-state index is 0.159. The van der Waals surface area contributed by atoms with Gasteiger partial charge in [-0.1, -0.05) is 0 Å². The smallest absolute Gasteiger partial charge is 0.305 e. The number of aliphatic carboxylic acids is 1. The molecule has 1 fully saturated rings. The summed E-state index contributed by atoms with van der Waals surface area (Å²) in [6, 6.07) is 1.44. The van der Waals surface area contributed by atoms with Crippen molar-refractivity contribution in [3.05, 3.63) is 34.9 Å². The molecule has 114 valence electrons. The maximum Gasteiger partial charge on any atom is 0.305 e. The third kappa shape index (κ3) is 3.37. The topological polar surface area (TPSA) is 57.6 Å². The molecule has 1 aromatic rings. The average molecular weight is 297 g/mol. The molecule has 1 amide bonds. The molecule has 0 radical (unpaired) electrons. The van der Waals surface area contributed by atoms with Crippen LogP contribution in [0.15, 0.2) is 12.1 Å². The van der Waals surface area contributed by atoms with Crippen LogP contribution in [-0.4, -0.2) is 34.5 Å². The van der Waals surface area contributed by atoms with E-state index in [0.29, 0.717) is 19.0 Å². The van der Waals surface area contributed by atoms with Crippen LogP contribution in [0.3, 0.4) is 0 Å². The number of hydrogen-bond acceptors (Lipinski definition) is 2. The quantitative estimate of drug-likeness (QED) is 0.933. The van der Waals surface area contributed by atoms with Gasteiger partial charge in [0.2, 0.25) is 0 Å². The summed E-state index contributed by atoms with van der Waals surface area (Å²) in [5.41, 5.74) is -0.0160. The van der Waals surface area contributed by atoms with Crippen LogP contribution in [0.4, 0.5) is 8.78 Å². The van der Waals surface area contributed by atoms with Crippen molar-refractivity contribution in [3.63, 3.8) is 0 Å². The van der Waals surface area contributed by atoms with Crippen LogP contribution in [0, 0.1) is 18.6 Å². The van der Waals surface area contributed by atoms with E-state index in [-0.39, 0.29) is 17.5 Å². The lowest BCUT2D eigenvalue weighted by Gasteiger charge is -2.35. The van der Waals surface area contributed by atoms with Gasteiger partial charge in [0, 0.05) is 18.7 Å². The zero-order chi connectivity index (χ0) is 15.6. The van der Waals surface area contributed by atoms with Crippen molar-refractivity contribution in [1.82, 2.24) is 4.90 Å². The first kappa shape index (κ1) is 15.4. The van der Waals surface area contributed by atoms with E-state index < -0.39 is 29.6 Å². The van der Waals surface area contributed by atoms with E-state index in [1.54, 1.807) is 0 Å². The van der Waals surface area contributed by atoms with Crippen LogP contribution in [0.1, 0.15) is 41.6 Å². The molecule has 1 heterocycles. The summed E-state index contributed by atoms with van der Waals surface area (Å²) in [4.78, 5) is 24.7. The SMILES string of the molecule is Cc1cc(C(=O)N2CCCCC2CC(=O)O)c(F)cc1F. The van der Waals surface area contributed by atoms with Gasteiger partial charge in [-0.3, -0.25) is 9.59 Å². The molecule has 1 unspecified atom stereocenters. The lowest BCUT2D eigenvalue weighted by molar-refractivity contribution is -0.138. The fourth-order valence-electron chi connectivity index (χ4n) is 2.66. The fraction of sp³-hybridized carbons (Fsp3) is 0.467. The van der Waals surface area contributed by atoms with E-state index in [4.69, 9.17) is 5.11 Å². The van der Waals surface area contributed by atoms with E-state index in [1.165, 1.54) is 17.9 Å². The molecule has 6 heteroatoms. The number of carbonyl (C=O) groups is 2. The molecular weight excluding hydrogens is 280 g/mol. The first-order chi connectivity index (χ1) is 9.90. The average Bonchev–Trinajstić information content (AvgIpc) is 2.42. The van der Waals surface area contributed by atoms with E-state index >= 15 is 0 Å². The normalized spacial score (nSPS) is 18.6. The van der Waals surface area contributed by atoms with Gasteiger partial charge >= 0.3 is 5.97 Å². The van der Waals surface area contributed by atoms with Crippen molar-refractivity contribution in [2.24, 2.45) is 0 Å². The number of amides is 1. The van der Waals surface area contributed by atoms with Gasteiger partial charge in [-0.05, 0) is 37.8 Å². The van der Waals surface area contributed by atoms with Gasteiger partial charge in [-0.2, -0.15) is 0 Å². The molecule has 1 saturated heterocycles. The van der Waals surface area contributed by atoms with Crippen molar-refractivity contribution < 1.29 is 23.5 Å². The third-order valence-corrected chi connectivity index (χ3v) is 3.78. The number of carboxylic acid groups (broad SMARTS) is 1. The van der Waals surface area contributed by atoms with E-state index in [2.05, 4.69) is 0 Å². The number of halogens is 2. The number of nitrogens with zero attached hydrogens (tertiary/aromatic N) is 1. The second kappa shape index (κ2) is 6.20. The van der Waals surface area contributed by atoms with E-state index in [0.717, 1.165) is 12.8 Å². The Morgan fingerprint density at radius 2 is 2.00 bits per heavy atom. The highest BCUT2D eigenvalue weighted by Crippen LogP contribution is 2.24. The molecule has 4 nitrogen and oxygen atoms in total. The van der Waals surface area contributed by atoms with Crippen LogP contribution in [0.2, 0.25) is 0 Å². The molecule has 0 aromatic heterocycles. The number of aryl methyl sites for hydroxylation is 1. The van der Waals surface area contributed by atoms with E-state index in [1.807, 2.05) is 0 Å². The Hall–Kier alpha value is -1.98. The first-order valence-electron chi connectivity index (χ1n) is 6.88. The van der Waals surface area contributed by atoms with Gasteiger partial charge in [-0.25, -0.2) is 8.78 Å². The predicted molar refractivity (Wildman–Crippen MR) is 72.0 cm³/mol. The Morgan fingerprint density at radius 3 is 2.67 bits per heavy atom. The molecule has 2 rings (SSSR count). The second-order valence-electron chi connectivity index (χ2n) is 5.33. The zero-order valence-corrected chi connectivity index (χ0v) is 11.7. The van der Waals surface area contributed by atoms with E-state index in [9.17, 15) is 18.4 Å². The number of carboxylic acids is 1. The van der Waals surface area contributed by atoms with Crippen LogP contribution < -0.4 is 0 Å². The summed E-state index contributed by atoms with van der Waals surface area (Å²) in [7, 11) is 0. The minimum Gasteiger partial charge on any atom is -0.481 e. The van der Waals surface area contributed by atoms with Gasteiger partial charge in [-0.15, -0.1) is 0 Å². The highest BCUT2D eigenvalue weighted by atomic mass is 19.1. The highest BCUT2D eigenvalue weighted by Gasteiger charge is 2.30. The third-order valence-electron chi connectivity index (χ3n) is 3.78. The number of carbonyl (C=O) groups excluding carboxylic acids is 1. The lowest BCUT2D eigenvalue weighted by Crippen LogP contribution is -2.45. The maximum atomic E-state index is 13.8. The van der Waals surface area contributed by atoms with Crippen molar-refractivity contribution in [3.8, 4) is 0 Å². The minimum atomic E-state index is -0.990. The maximum absolute atomic E-state index is 13.8. The molecule has 21 heavy (non-hydrogen) atoms. The van der Waals surface area contributed by atoms with Gasteiger partial charge in [0.05, 0.1) is 12.0 Å². The molecule has 0 aliphatic carbocycles. The standard InChI is InChI=1S/C15H17F2NO3/c1-9-6-11(13(17)8-12(9)16)15(21)18-5-3-2-4-10(18)7-14(19)20/h6,8,10H,2-5,7H2,1H3,(H,19,20). The molecule has 1 aliphatic heterocycles. The summed E-state index contributed by atoms with van der Waals surface area (Å²) < 4.78 is 27.1. The molecule has 0 saturated carbocycles. The fourth-order valence-corrected chi connectivity index (χ4v) is 2.66. The second-order valence-corrected chi connectivity index (χ2v) is 5.33. The zero-order valence-electron chi connectivity index (χ0n) is 11.7. The predicted octanol–water partition coefficient (Wildman–Crippen LogP) is 2.74. The van der Waals surface area contributed by atoms with Crippen LogP contribution in [0.25, 0.3) is 0 Å². The Morgan fingerprint density at radius 1 is 1.29 bits per heavy atom.